The maximum Gasteiger partial charge on any atom is 0.291 e. The van der Waals surface area contributed by atoms with Gasteiger partial charge in [-0.15, -0.1) is 0 Å². The Kier molecular flexibility index (Phi) is 11.7. The van der Waals surface area contributed by atoms with Gasteiger partial charge in [-0.1, -0.05) is 17.7 Å². The number of nitrogens with one attached hydrogen (secondary N) is 1. The van der Waals surface area contributed by atoms with E-state index in [0.29, 0.717) is 86.1 Å². The Morgan fingerprint density at radius 2 is 1.69 bits per heavy atom. The summed E-state index contributed by atoms with van der Waals surface area (Å²) in [7, 11) is 6.74. The van der Waals surface area contributed by atoms with Crippen LogP contribution in [0.2, 0.25) is 5.02 Å². The van der Waals surface area contributed by atoms with Gasteiger partial charge in [0.05, 0.1) is 61.0 Å². The number of methoxy groups -OCH3 is 2. The summed E-state index contributed by atoms with van der Waals surface area (Å²) < 4.78 is 45.5. The van der Waals surface area contributed by atoms with E-state index in [1.165, 1.54) is 42.1 Å². The zero-order valence-electron chi connectivity index (χ0n) is 31.9. The van der Waals surface area contributed by atoms with Crippen molar-refractivity contribution in [2.24, 2.45) is 12.8 Å². The molecular weight excluding hydrogens is 736 g/mol. The average molecular weight is 783 g/mol. The van der Waals surface area contributed by atoms with Crippen LogP contribution >= 0.6 is 11.6 Å². The first kappa shape index (κ1) is 39.9. The lowest BCUT2D eigenvalue weighted by atomic mass is 10.00. The number of anilines is 1. The van der Waals surface area contributed by atoms with E-state index in [9.17, 15) is 14.4 Å². The number of amides is 3. The molecule has 2 fully saturated rings. The van der Waals surface area contributed by atoms with E-state index in [1.54, 1.807) is 48.6 Å². The molecule has 0 aliphatic carbocycles. The number of nitrogens with two attached hydrogens (primary N) is 1. The van der Waals surface area contributed by atoms with Crippen molar-refractivity contribution in [1.29, 1.82) is 0 Å². The van der Waals surface area contributed by atoms with Gasteiger partial charge in [0.1, 0.15) is 12.6 Å². The molecule has 2 aromatic heterocycles. The summed E-state index contributed by atoms with van der Waals surface area (Å²) in [4.78, 5) is 47.5. The topological polar surface area (TPSA) is 150 Å². The van der Waals surface area contributed by atoms with Crippen LogP contribution < -0.4 is 11.1 Å². The van der Waals surface area contributed by atoms with E-state index in [-0.39, 0.29) is 57.2 Å². The number of likely N-dealkylation sites (tertiary alicyclic amines) is 1. The lowest BCUT2D eigenvalue weighted by Crippen LogP contribution is -2.56. The predicted molar refractivity (Wildman–Crippen MR) is 203 cm³/mol. The molecule has 0 spiro atoms. The van der Waals surface area contributed by atoms with Crippen LogP contribution in [0.3, 0.4) is 0 Å². The first-order valence-corrected chi connectivity index (χ1v) is 18.4. The fourth-order valence-corrected chi connectivity index (χ4v) is 7.91. The van der Waals surface area contributed by atoms with Crippen LogP contribution in [0.25, 0.3) is 22.4 Å². The van der Waals surface area contributed by atoms with Gasteiger partial charge < -0.3 is 39.4 Å². The van der Waals surface area contributed by atoms with Crippen LogP contribution in [-0.4, -0.2) is 137 Å². The van der Waals surface area contributed by atoms with Gasteiger partial charge >= 0.3 is 0 Å². The quantitative estimate of drug-likeness (QED) is 0.220. The van der Waals surface area contributed by atoms with Crippen molar-refractivity contribution in [2.45, 2.75) is 32.5 Å². The van der Waals surface area contributed by atoms with Crippen LogP contribution in [0.4, 0.5) is 14.5 Å². The third kappa shape index (κ3) is 8.00. The van der Waals surface area contributed by atoms with Crippen molar-refractivity contribution < 1.29 is 37.1 Å². The van der Waals surface area contributed by atoms with Crippen molar-refractivity contribution in [3.8, 4) is 22.4 Å². The van der Waals surface area contributed by atoms with E-state index in [4.69, 9.17) is 26.8 Å². The summed E-state index contributed by atoms with van der Waals surface area (Å²) in [6.07, 6.45) is 1.21. The second-order valence-electron chi connectivity index (χ2n) is 14.5. The number of carbonyl (C=O) groups is 3. The number of likely N-dealkylation sites (N-methyl/N-ethyl adjacent to an activating group) is 1. The number of aryl methyl sites for hydroxylation is 1. The van der Waals surface area contributed by atoms with E-state index in [0.717, 1.165) is 0 Å². The van der Waals surface area contributed by atoms with Gasteiger partial charge in [-0.25, -0.2) is 13.8 Å². The molecule has 2 aromatic carbocycles. The van der Waals surface area contributed by atoms with Crippen molar-refractivity contribution in [3.63, 3.8) is 0 Å². The number of quaternary nitrogens is 1. The lowest BCUT2D eigenvalue weighted by Gasteiger charge is -2.37. The molecule has 6 rings (SSSR count). The molecule has 4 heterocycles. The fourth-order valence-electron chi connectivity index (χ4n) is 7.65. The third-order valence-electron chi connectivity index (χ3n) is 10.7. The number of hydrogen-bond donors (Lipinski definition) is 2. The van der Waals surface area contributed by atoms with Gasteiger partial charge in [0, 0.05) is 75.5 Å². The SMILES string of the molecule is COCCn1nc(C)c(-c2ccc(-c3cnc(C(=O)Nc4ccc(C(=O)N5CCN(C(=O)C[N+]6(C)C[C@@H](N)[C@H](OC)C6)CC5)c(Cl)c4)n3C)c(F)c2F)c1C. The van der Waals surface area contributed by atoms with Crippen molar-refractivity contribution in [1.82, 2.24) is 29.1 Å². The Labute approximate surface area is 323 Å². The molecule has 14 nitrogen and oxygen atoms in total. The van der Waals surface area contributed by atoms with Crippen LogP contribution in [-0.2, 0) is 27.9 Å². The fraction of sp³-hybridized carbons (Fsp3) is 0.447. The highest BCUT2D eigenvalue weighted by atomic mass is 35.5. The number of rotatable bonds is 11. The molecule has 3 atom stereocenters. The van der Waals surface area contributed by atoms with Crippen molar-refractivity contribution >= 4 is 35.0 Å². The molecule has 3 amide bonds. The summed E-state index contributed by atoms with van der Waals surface area (Å²) in [6, 6.07) is 7.36. The van der Waals surface area contributed by atoms with Gasteiger partial charge in [-0.3, -0.25) is 19.1 Å². The number of imidazole rings is 1. The molecular formula is C38H47ClF2N9O5+. The van der Waals surface area contributed by atoms with E-state index in [1.807, 2.05) is 7.05 Å². The minimum atomic E-state index is -1.08. The molecule has 4 aromatic rings. The molecule has 2 aliphatic rings. The zero-order chi connectivity index (χ0) is 39.8. The Balaban J connectivity index is 1.08. The highest BCUT2D eigenvalue weighted by Crippen LogP contribution is 2.35. The summed E-state index contributed by atoms with van der Waals surface area (Å²) in [5.41, 5.74) is 8.69. The Morgan fingerprint density at radius 1 is 1.02 bits per heavy atom. The molecule has 1 unspecified atom stereocenters. The normalized spacial score (nSPS) is 20.0. The molecule has 2 saturated heterocycles. The number of halogens is 3. The number of piperazine rings is 1. The predicted octanol–water partition coefficient (Wildman–Crippen LogP) is 3.48. The molecule has 17 heteroatoms. The van der Waals surface area contributed by atoms with Crippen molar-refractivity contribution in [3.05, 3.63) is 76.0 Å². The maximum absolute atomic E-state index is 15.7. The van der Waals surface area contributed by atoms with Crippen LogP contribution in [0, 0.1) is 25.5 Å². The molecule has 55 heavy (non-hydrogen) atoms. The third-order valence-corrected chi connectivity index (χ3v) is 11.0. The molecule has 0 saturated carbocycles. The van der Waals surface area contributed by atoms with Crippen LogP contribution in [0.1, 0.15) is 32.4 Å². The molecule has 3 N–H and O–H groups in total. The number of hydrogen-bond acceptors (Lipinski definition) is 8. The summed E-state index contributed by atoms with van der Waals surface area (Å²) in [5, 5.41) is 7.31. The van der Waals surface area contributed by atoms with E-state index in [2.05, 4.69) is 15.4 Å². The lowest BCUT2D eigenvalue weighted by molar-refractivity contribution is -0.891. The van der Waals surface area contributed by atoms with Gasteiger partial charge in [0.15, 0.2) is 24.0 Å². The summed E-state index contributed by atoms with van der Waals surface area (Å²) in [6.45, 7) is 7.52. The smallest absolute Gasteiger partial charge is 0.291 e. The monoisotopic (exact) mass is 782 g/mol. The second-order valence-corrected chi connectivity index (χ2v) is 14.9. The summed E-state index contributed by atoms with van der Waals surface area (Å²) in [5.74, 6) is -3.09. The standard InChI is InChI=1S/C38H46ClF2N9O5/c1-22-33(23(2)49(45-22)15-16-54-5)27-10-9-26(34(40)35(27)41)30-18-43-36(46(30)3)37(52)44-24-7-8-25(28(39)17-24)38(53)48-13-11-47(12-14-48)32(51)21-50(4)19-29(42)31(20-50)55-6/h7-10,17-18,29,31H,11-16,19-21,42H2,1-6H3/p+1/t29-,31-,50?/m1/s1. The van der Waals surface area contributed by atoms with E-state index >= 15 is 8.78 Å². The molecule has 2 aliphatic heterocycles. The second kappa shape index (κ2) is 16.2. The van der Waals surface area contributed by atoms with Gasteiger partial charge in [-0.05, 0) is 38.1 Å². The average Bonchev–Trinajstić information content (AvgIpc) is 3.78. The molecule has 294 valence electrons. The highest BCUT2D eigenvalue weighted by molar-refractivity contribution is 6.34. The number of aromatic nitrogens is 4. The Hall–Kier alpha value is -4.74. The first-order valence-electron chi connectivity index (χ1n) is 18.0. The van der Waals surface area contributed by atoms with E-state index < -0.39 is 17.5 Å². The highest BCUT2D eigenvalue weighted by Gasteiger charge is 2.43. The van der Waals surface area contributed by atoms with Gasteiger partial charge in [0.25, 0.3) is 17.7 Å². The molecule has 0 radical (unpaired) electrons. The van der Waals surface area contributed by atoms with Crippen LogP contribution in [0.5, 0.6) is 0 Å². The zero-order valence-corrected chi connectivity index (χ0v) is 32.6. The van der Waals surface area contributed by atoms with Gasteiger partial charge in [-0.2, -0.15) is 5.10 Å². The Bertz CT molecular complexity index is 2120. The number of benzene rings is 2. The van der Waals surface area contributed by atoms with Gasteiger partial charge in [0.2, 0.25) is 0 Å². The van der Waals surface area contributed by atoms with Crippen molar-refractivity contribution in [2.75, 3.05) is 79.0 Å². The minimum Gasteiger partial charge on any atom is -0.383 e. The number of ether oxygens (including phenoxy) is 2. The molecule has 0 bridgehead atoms. The minimum absolute atomic E-state index is 0.00956. The Morgan fingerprint density at radius 3 is 2.35 bits per heavy atom. The first-order chi connectivity index (χ1) is 26.2. The van der Waals surface area contributed by atoms with Crippen LogP contribution in [0.15, 0.2) is 36.5 Å². The number of carbonyl (C=O) groups excluding carboxylic acids is 3. The maximum atomic E-state index is 15.7. The summed E-state index contributed by atoms with van der Waals surface area (Å²) >= 11 is 6.55. The number of nitrogens with zero attached hydrogens (tertiary/aromatic N) is 7. The largest absolute Gasteiger partial charge is 0.383 e.